The normalized spacial score (nSPS) is 17.8. The van der Waals surface area contributed by atoms with E-state index in [1.807, 2.05) is 11.8 Å². The minimum Gasteiger partial charge on any atom is -0.465 e. The Hall–Kier alpha value is -1.01. The van der Waals surface area contributed by atoms with Gasteiger partial charge in [-0.3, -0.25) is 4.79 Å². The van der Waals surface area contributed by atoms with Crippen molar-refractivity contribution in [1.82, 2.24) is 0 Å². The van der Waals surface area contributed by atoms with Crippen LogP contribution in [0.2, 0.25) is 0 Å². The van der Waals surface area contributed by atoms with Gasteiger partial charge in [0.25, 0.3) is 0 Å². The van der Waals surface area contributed by atoms with Gasteiger partial charge in [-0.1, -0.05) is 19.3 Å². The largest absolute Gasteiger partial charge is 0.465 e. The van der Waals surface area contributed by atoms with Crippen LogP contribution in [-0.4, -0.2) is 30.0 Å². The van der Waals surface area contributed by atoms with Crippen LogP contribution in [0, 0.1) is 0 Å². The lowest BCUT2D eigenvalue weighted by Gasteiger charge is -2.20. The Morgan fingerprint density at radius 3 is 2.68 bits per heavy atom. The summed E-state index contributed by atoms with van der Waals surface area (Å²) in [6.45, 7) is 0. The van der Waals surface area contributed by atoms with E-state index in [-0.39, 0.29) is 11.9 Å². The molecule has 1 saturated carbocycles. The Labute approximate surface area is 158 Å². The van der Waals surface area contributed by atoms with Crippen LogP contribution in [-0.2, 0) is 22.4 Å². The number of amides is 1. The topological polar surface area (TPSA) is 55.4 Å². The fourth-order valence-electron chi connectivity index (χ4n) is 3.71. The maximum Gasteiger partial charge on any atom is 0.341 e. The SMILES string of the molecule is COC(=O)c1c(NC(=O)CCSC2CCCCC2)sc2c1CCCC2. The monoisotopic (exact) mass is 381 g/mol. The van der Waals surface area contributed by atoms with Crippen LogP contribution in [0.15, 0.2) is 0 Å². The van der Waals surface area contributed by atoms with Gasteiger partial charge in [0.2, 0.25) is 5.91 Å². The third kappa shape index (κ3) is 4.79. The van der Waals surface area contributed by atoms with E-state index in [2.05, 4.69) is 5.32 Å². The predicted molar refractivity (Wildman–Crippen MR) is 105 cm³/mol. The first kappa shape index (κ1) is 18.8. The highest BCUT2D eigenvalue weighted by atomic mass is 32.2. The number of nitrogens with one attached hydrogen (secondary N) is 1. The average molecular weight is 382 g/mol. The van der Waals surface area contributed by atoms with Crippen molar-refractivity contribution in [3.8, 4) is 0 Å². The van der Waals surface area contributed by atoms with E-state index in [1.165, 1.54) is 44.1 Å². The summed E-state index contributed by atoms with van der Waals surface area (Å²) in [6.07, 6.45) is 11.2. The molecule has 0 atom stereocenters. The van der Waals surface area contributed by atoms with E-state index >= 15 is 0 Å². The van der Waals surface area contributed by atoms with Gasteiger partial charge in [-0.05, 0) is 44.1 Å². The van der Waals surface area contributed by atoms with Crippen molar-refractivity contribution in [2.24, 2.45) is 0 Å². The summed E-state index contributed by atoms with van der Waals surface area (Å²) in [5.41, 5.74) is 1.69. The number of thioether (sulfide) groups is 1. The van der Waals surface area contributed by atoms with Gasteiger partial charge in [-0.2, -0.15) is 11.8 Å². The lowest BCUT2D eigenvalue weighted by atomic mass is 9.95. The fraction of sp³-hybridized carbons (Fsp3) is 0.684. The smallest absolute Gasteiger partial charge is 0.341 e. The molecule has 1 fully saturated rings. The van der Waals surface area contributed by atoms with Gasteiger partial charge in [0.1, 0.15) is 5.00 Å². The maximum atomic E-state index is 12.4. The van der Waals surface area contributed by atoms with Gasteiger partial charge >= 0.3 is 5.97 Å². The number of hydrogen-bond acceptors (Lipinski definition) is 5. The molecule has 3 rings (SSSR count). The Bertz CT molecular complexity index is 620. The number of methoxy groups -OCH3 is 1. The number of thiophene rings is 1. The minimum absolute atomic E-state index is 0.00654. The summed E-state index contributed by atoms with van der Waals surface area (Å²) < 4.78 is 4.96. The van der Waals surface area contributed by atoms with Crippen LogP contribution in [0.25, 0.3) is 0 Å². The average Bonchev–Trinajstić information content (AvgIpc) is 2.99. The van der Waals surface area contributed by atoms with Crippen molar-refractivity contribution in [3.05, 3.63) is 16.0 Å². The molecule has 0 radical (unpaired) electrons. The van der Waals surface area contributed by atoms with Gasteiger partial charge in [-0.25, -0.2) is 4.79 Å². The van der Waals surface area contributed by atoms with Crippen LogP contribution in [0.3, 0.4) is 0 Å². The molecule has 6 heteroatoms. The Balaban J connectivity index is 1.58. The molecular formula is C19H27NO3S2. The second-order valence-corrected chi connectivity index (χ2v) is 9.35. The summed E-state index contributed by atoms with van der Waals surface area (Å²) >= 11 is 3.49. The molecule has 1 amide bonds. The zero-order chi connectivity index (χ0) is 17.6. The summed E-state index contributed by atoms with van der Waals surface area (Å²) in [7, 11) is 1.40. The zero-order valence-corrected chi connectivity index (χ0v) is 16.5. The molecule has 1 N–H and O–H groups in total. The van der Waals surface area contributed by atoms with Crippen LogP contribution < -0.4 is 5.32 Å². The van der Waals surface area contributed by atoms with Crippen molar-refractivity contribution in [1.29, 1.82) is 0 Å². The van der Waals surface area contributed by atoms with E-state index < -0.39 is 0 Å². The Kier molecular flexibility index (Phi) is 6.82. The molecule has 0 aliphatic heterocycles. The molecule has 0 unspecified atom stereocenters. The second-order valence-electron chi connectivity index (χ2n) is 6.84. The van der Waals surface area contributed by atoms with E-state index in [9.17, 15) is 9.59 Å². The number of esters is 1. The van der Waals surface area contributed by atoms with Crippen molar-refractivity contribution < 1.29 is 14.3 Å². The Morgan fingerprint density at radius 1 is 1.16 bits per heavy atom. The molecule has 25 heavy (non-hydrogen) atoms. The number of fused-ring (bicyclic) bond motifs is 1. The molecule has 1 heterocycles. The molecule has 4 nitrogen and oxygen atoms in total. The molecule has 0 saturated heterocycles. The van der Waals surface area contributed by atoms with Crippen LogP contribution in [0.1, 0.15) is 72.2 Å². The summed E-state index contributed by atoms with van der Waals surface area (Å²) in [5, 5.41) is 4.40. The molecule has 0 bridgehead atoms. The van der Waals surface area contributed by atoms with Crippen LogP contribution in [0.4, 0.5) is 5.00 Å². The summed E-state index contributed by atoms with van der Waals surface area (Å²) in [5.74, 6) is 0.535. The number of ether oxygens (including phenoxy) is 1. The van der Waals surface area contributed by atoms with Crippen molar-refractivity contribution in [3.63, 3.8) is 0 Å². The standard InChI is InChI=1S/C19H27NO3S2/c1-23-19(22)17-14-9-5-6-10-15(14)25-18(17)20-16(21)11-12-24-13-7-3-2-4-8-13/h13H,2-12H2,1H3,(H,20,21). The van der Waals surface area contributed by atoms with Crippen molar-refractivity contribution in [2.75, 3.05) is 18.2 Å². The first-order valence-corrected chi connectivity index (χ1v) is 11.2. The maximum absolute atomic E-state index is 12.4. The third-order valence-electron chi connectivity index (χ3n) is 5.05. The molecule has 0 aromatic carbocycles. The number of anilines is 1. The highest BCUT2D eigenvalue weighted by Crippen LogP contribution is 2.38. The van der Waals surface area contributed by atoms with E-state index in [4.69, 9.17) is 4.74 Å². The zero-order valence-electron chi connectivity index (χ0n) is 14.9. The number of rotatable bonds is 6. The number of carbonyl (C=O) groups excluding carboxylic acids is 2. The Morgan fingerprint density at radius 2 is 1.92 bits per heavy atom. The fourth-order valence-corrected chi connectivity index (χ4v) is 6.31. The quantitative estimate of drug-likeness (QED) is 0.719. The highest BCUT2D eigenvalue weighted by molar-refractivity contribution is 7.99. The van der Waals surface area contributed by atoms with Gasteiger partial charge in [0, 0.05) is 22.3 Å². The van der Waals surface area contributed by atoms with Gasteiger partial charge in [0.15, 0.2) is 0 Å². The molecule has 0 spiro atoms. The van der Waals surface area contributed by atoms with Gasteiger partial charge < -0.3 is 10.1 Å². The third-order valence-corrected chi connectivity index (χ3v) is 7.64. The lowest BCUT2D eigenvalue weighted by molar-refractivity contribution is -0.115. The lowest BCUT2D eigenvalue weighted by Crippen LogP contribution is -2.16. The van der Waals surface area contributed by atoms with E-state index in [0.29, 0.717) is 17.0 Å². The van der Waals surface area contributed by atoms with Gasteiger partial charge in [-0.15, -0.1) is 11.3 Å². The number of hydrogen-bond donors (Lipinski definition) is 1. The van der Waals surface area contributed by atoms with E-state index in [1.54, 1.807) is 11.3 Å². The number of carbonyl (C=O) groups is 2. The number of aryl methyl sites for hydroxylation is 1. The molecule has 2 aliphatic carbocycles. The van der Waals surface area contributed by atoms with Crippen molar-refractivity contribution >= 4 is 40.0 Å². The molecule has 2 aliphatic rings. The van der Waals surface area contributed by atoms with Gasteiger partial charge in [0.05, 0.1) is 12.7 Å². The first-order chi connectivity index (χ1) is 12.2. The molecule has 138 valence electrons. The summed E-state index contributed by atoms with van der Waals surface area (Å²) in [6, 6.07) is 0. The second kappa shape index (κ2) is 9.08. The van der Waals surface area contributed by atoms with Crippen molar-refractivity contribution in [2.45, 2.75) is 69.5 Å². The minimum atomic E-state index is -0.328. The molecule has 1 aromatic heterocycles. The van der Waals surface area contributed by atoms with Crippen LogP contribution in [0.5, 0.6) is 0 Å². The highest BCUT2D eigenvalue weighted by Gasteiger charge is 2.26. The summed E-state index contributed by atoms with van der Waals surface area (Å²) in [4.78, 5) is 25.8. The first-order valence-electron chi connectivity index (χ1n) is 9.33. The molecule has 1 aromatic rings. The molecular weight excluding hydrogens is 354 g/mol. The predicted octanol–water partition coefficient (Wildman–Crippen LogP) is 4.81. The van der Waals surface area contributed by atoms with Crippen LogP contribution >= 0.6 is 23.1 Å². The van der Waals surface area contributed by atoms with E-state index in [0.717, 1.165) is 42.2 Å².